The lowest BCUT2D eigenvalue weighted by atomic mass is 9.94. The molecule has 1 heteroatoms. The van der Waals surface area contributed by atoms with Gasteiger partial charge < -0.3 is 4.90 Å². The van der Waals surface area contributed by atoms with Crippen molar-refractivity contribution in [3.63, 3.8) is 0 Å². The summed E-state index contributed by atoms with van der Waals surface area (Å²) in [6, 6.07) is 16.9. The van der Waals surface area contributed by atoms with Gasteiger partial charge in [0.15, 0.2) is 0 Å². The highest BCUT2D eigenvalue weighted by atomic mass is 15.2. The summed E-state index contributed by atoms with van der Waals surface area (Å²) >= 11 is 0. The summed E-state index contributed by atoms with van der Waals surface area (Å²) in [5, 5.41) is 0. The van der Waals surface area contributed by atoms with Gasteiger partial charge in [0.25, 0.3) is 0 Å². The molecule has 1 aliphatic heterocycles. The van der Waals surface area contributed by atoms with Gasteiger partial charge in [0.2, 0.25) is 0 Å². The van der Waals surface area contributed by atoms with Gasteiger partial charge in [-0.25, -0.2) is 0 Å². The van der Waals surface area contributed by atoms with Crippen LogP contribution in [0.5, 0.6) is 0 Å². The number of anilines is 1. The summed E-state index contributed by atoms with van der Waals surface area (Å²) < 4.78 is 0. The van der Waals surface area contributed by atoms with Gasteiger partial charge in [0.1, 0.15) is 0 Å². The molecule has 0 unspecified atom stereocenters. The van der Waals surface area contributed by atoms with Crippen molar-refractivity contribution in [1.82, 2.24) is 0 Å². The summed E-state index contributed by atoms with van der Waals surface area (Å²) in [6.45, 7) is 16.5. The van der Waals surface area contributed by atoms with Gasteiger partial charge in [-0.15, -0.1) is 0 Å². The minimum atomic E-state index is 0.850. The summed E-state index contributed by atoms with van der Waals surface area (Å²) in [5.41, 5.74) is 8.93. The quantitative estimate of drug-likeness (QED) is 0.612. The Bertz CT molecular complexity index is 852. The first-order valence-corrected chi connectivity index (χ1v) is 7.73. The fourth-order valence-corrected chi connectivity index (χ4v) is 3.26. The van der Waals surface area contributed by atoms with Gasteiger partial charge in [-0.2, -0.15) is 0 Å². The molecule has 2 aromatic carbocycles. The Morgan fingerprint density at radius 3 is 2.09 bits per heavy atom. The molecule has 1 heterocycles. The first-order valence-electron chi connectivity index (χ1n) is 7.73. The molecule has 0 aromatic heterocycles. The molecule has 0 saturated heterocycles. The zero-order valence-electron chi connectivity index (χ0n) is 13.8. The lowest BCUT2D eigenvalue weighted by molar-refractivity contribution is 1.12. The van der Waals surface area contributed by atoms with Gasteiger partial charge in [0, 0.05) is 11.3 Å². The van der Waals surface area contributed by atoms with Crippen molar-refractivity contribution < 1.29 is 0 Å². The van der Waals surface area contributed by atoms with Gasteiger partial charge in [0.05, 0.1) is 11.4 Å². The van der Waals surface area contributed by atoms with Crippen LogP contribution in [0.2, 0.25) is 0 Å². The maximum absolute atomic E-state index is 4.21. The molecule has 23 heavy (non-hydrogen) atoms. The lowest BCUT2D eigenvalue weighted by Crippen LogP contribution is -2.21. The highest BCUT2D eigenvalue weighted by Gasteiger charge is 2.25. The SMILES string of the molecule is C=CC(=C)N1C(C(=C)C)=C(C)c2ccccc2-c2ccccc21. The van der Waals surface area contributed by atoms with E-state index >= 15 is 0 Å². The van der Waals surface area contributed by atoms with Crippen LogP contribution in [-0.2, 0) is 0 Å². The Hall–Kier alpha value is -2.80. The molecule has 0 atom stereocenters. The van der Waals surface area contributed by atoms with Gasteiger partial charge in [-0.1, -0.05) is 62.2 Å². The number of para-hydroxylation sites is 1. The molecule has 0 bridgehead atoms. The van der Waals surface area contributed by atoms with Crippen molar-refractivity contribution >= 4 is 11.3 Å². The summed E-state index contributed by atoms with van der Waals surface area (Å²) in [5.74, 6) is 0. The van der Waals surface area contributed by atoms with E-state index in [9.17, 15) is 0 Å². The molecule has 0 saturated carbocycles. The van der Waals surface area contributed by atoms with E-state index in [2.05, 4.69) is 80.1 Å². The number of allylic oxidation sites excluding steroid dienone is 3. The smallest absolute Gasteiger partial charge is 0.0540 e. The van der Waals surface area contributed by atoms with Crippen LogP contribution in [0, 0.1) is 0 Å². The molecule has 114 valence electrons. The molecule has 0 N–H and O–H groups in total. The van der Waals surface area contributed by atoms with Crippen LogP contribution in [0.3, 0.4) is 0 Å². The summed E-state index contributed by atoms with van der Waals surface area (Å²) in [4.78, 5) is 2.17. The van der Waals surface area contributed by atoms with Crippen LogP contribution in [0.4, 0.5) is 5.69 Å². The summed E-state index contributed by atoms with van der Waals surface area (Å²) in [6.07, 6.45) is 1.79. The van der Waals surface area contributed by atoms with Gasteiger partial charge in [-0.3, -0.25) is 0 Å². The van der Waals surface area contributed by atoms with Crippen LogP contribution >= 0.6 is 0 Å². The second-order valence-corrected chi connectivity index (χ2v) is 5.85. The minimum Gasteiger partial charge on any atom is -0.310 e. The molecule has 2 aromatic rings. The van der Waals surface area contributed by atoms with Crippen molar-refractivity contribution in [3.05, 3.63) is 96.9 Å². The molecule has 0 aliphatic carbocycles. The zero-order chi connectivity index (χ0) is 16.6. The number of fused-ring (bicyclic) bond motifs is 3. The fraction of sp³-hybridized carbons (Fsp3) is 0.0909. The molecule has 1 nitrogen and oxygen atoms in total. The Balaban J connectivity index is 2.47. The minimum absolute atomic E-state index is 0.850. The molecule has 0 spiro atoms. The molecule has 1 aliphatic rings. The normalized spacial score (nSPS) is 13.0. The Morgan fingerprint density at radius 2 is 1.48 bits per heavy atom. The fourth-order valence-electron chi connectivity index (χ4n) is 3.26. The van der Waals surface area contributed by atoms with E-state index in [0.717, 1.165) is 22.7 Å². The van der Waals surface area contributed by atoms with Gasteiger partial charge in [-0.05, 0) is 48.3 Å². The molecular formula is C22H21N. The molecule has 0 fully saturated rings. The van der Waals surface area contributed by atoms with Crippen molar-refractivity contribution in [3.8, 4) is 11.1 Å². The number of hydrogen-bond acceptors (Lipinski definition) is 1. The molecule has 3 rings (SSSR count). The van der Waals surface area contributed by atoms with Crippen molar-refractivity contribution in [2.24, 2.45) is 0 Å². The zero-order valence-corrected chi connectivity index (χ0v) is 13.8. The third-order valence-corrected chi connectivity index (χ3v) is 4.27. The highest BCUT2D eigenvalue weighted by Crippen LogP contribution is 2.44. The van der Waals surface area contributed by atoms with E-state index < -0.39 is 0 Å². The molecule has 0 amide bonds. The third-order valence-electron chi connectivity index (χ3n) is 4.27. The Kier molecular flexibility index (Phi) is 3.79. The van der Waals surface area contributed by atoms with Gasteiger partial charge >= 0.3 is 0 Å². The predicted octanol–water partition coefficient (Wildman–Crippen LogP) is 6.18. The number of rotatable bonds is 3. The van der Waals surface area contributed by atoms with Crippen LogP contribution in [0.1, 0.15) is 19.4 Å². The van der Waals surface area contributed by atoms with E-state index in [-0.39, 0.29) is 0 Å². The number of nitrogens with zero attached hydrogens (tertiary/aromatic N) is 1. The van der Waals surface area contributed by atoms with Crippen LogP contribution in [-0.4, -0.2) is 0 Å². The lowest BCUT2D eigenvalue weighted by Gasteiger charge is -2.29. The topological polar surface area (TPSA) is 3.24 Å². The van der Waals surface area contributed by atoms with Crippen LogP contribution < -0.4 is 4.90 Å². The monoisotopic (exact) mass is 299 g/mol. The predicted molar refractivity (Wildman–Crippen MR) is 101 cm³/mol. The highest BCUT2D eigenvalue weighted by molar-refractivity contribution is 5.95. The van der Waals surface area contributed by atoms with Crippen LogP contribution in [0.15, 0.2) is 91.3 Å². The average molecular weight is 299 g/mol. The van der Waals surface area contributed by atoms with E-state index in [0.29, 0.717) is 0 Å². The summed E-state index contributed by atoms with van der Waals surface area (Å²) in [7, 11) is 0. The Morgan fingerprint density at radius 1 is 0.913 bits per heavy atom. The standard InChI is InChI=1S/C22H21N/c1-6-16(4)23-21-14-10-9-13-20(21)19-12-8-7-11-18(19)17(5)22(23)15(2)3/h6-14H,1-2,4H2,3,5H3. The maximum Gasteiger partial charge on any atom is 0.0540 e. The first-order chi connectivity index (χ1) is 11.1. The second kappa shape index (κ2) is 5.77. The van der Waals surface area contributed by atoms with E-state index in [4.69, 9.17) is 0 Å². The van der Waals surface area contributed by atoms with Crippen molar-refractivity contribution in [2.45, 2.75) is 13.8 Å². The van der Waals surface area contributed by atoms with Crippen molar-refractivity contribution in [2.75, 3.05) is 4.90 Å². The van der Waals surface area contributed by atoms with E-state index in [1.807, 2.05) is 6.92 Å². The van der Waals surface area contributed by atoms with E-state index in [1.54, 1.807) is 6.08 Å². The second-order valence-electron chi connectivity index (χ2n) is 5.85. The largest absolute Gasteiger partial charge is 0.310 e. The number of hydrogen-bond donors (Lipinski definition) is 0. The molecular weight excluding hydrogens is 278 g/mol. The maximum atomic E-state index is 4.21. The molecule has 0 radical (unpaired) electrons. The third kappa shape index (κ3) is 2.35. The van der Waals surface area contributed by atoms with E-state index in [1.165, 1.54) is 22.3 Å². The number of benzene rings is 2. The Labute approximate surface area is 138 Å². The van der Waals surface area contributed by atoms with Crippen LogP contribution in [0.25, 0.3) is 16.7 Å². The van der Waals surface area contributed by atoms with Crippen molar-refractivity contribution in [1.29, 1.82) is 0 Å². The first kappa shape index (κ1) is 15.1. The average Bonchev–Trinajstić information content (AvgIpc) is 2.68.